The zero-order valence-corrected chi connectivity index (χ0v) is 16.9. The summed E-state index contributed by atoms with van der Waals surface area (Å²) in [4.78, 5) is 9.53. The molecule has 148 valence electrons. The normalized spacial score (nSPS) is 15.3. The Balaban J connectivity index is 1.56. The molecule has 4 heterocycles. The molecule has 1 aliphatic heterocycles. The first-order valence-corrected chi connectivity index (χ1v) is 10.8. The molecule has 0 spiro atoms. The van der Waals surface area contributed by atoms with Crippen molar-refractivity contribution in [2.45, 2.75) is 0 Å². The fourth-order valence-corrected chi connectivity index (χ4v) is 4.49. The summed E-state index contributed by atoms with van der Waals surface area (Å²) in [5.74, 6) is 0.972. The van der Waals surface area contributed by atoms with Crippen molar-refractivity contribution >= 4 is 22.8 Å². The van der Waals surface area contributed by atoms with Crippen LogP contribution in [-0.4, -0.2) is 63.9 Å². The van der Waals surface area contributed by atoms with Crippen LogP contribution in [0.3, 0.4) is 0 Å². The molecule has 0 amide bonds. The second-order valence-corrected chi connectivity index (χ2v) is 8.02. The molecule has 0 bridgehead atoms. The zero-order valence-electron chi connectivity index (χ0n) is 16.1. The molecule has 1 aromatic carbocycles. The Morgan fingerprint density at radius 2 is 1.83 bits per heavy atom. The van der Waals surface area contributed by atoms with E-state index < -0.39 is 0 Å². The molecule has 1 aliphatic rings. The number of rotatable bonds is 5. The summed E-state index contributed by atoms with van der Waals surface area (Å²) in [6, 6.07) is 14.5. The third-order valence-electron chi connectivity index (χ3n) is 5.43. The third-order valence-corrected chi connectivity index (χ3v) is 6.11. The second kappa shape index (κ2) is 7.94. The van der Waals surface area contributed by atoms with Crippen LogP contribution in [0.15, 0.2) is 59.4 Å². The number of hydrogen-bond acceptors (Lipinski definition) is 6. The lowest BCUT2D eigenvalue weighted by molar-refractivity contribution is 0.188. The fraction of sp³-hybridized carbons (Fsp3) is 0.273. The maximum atomic E-state index is 9.18. The number of hydrogen-bond donors (Lipinski definition) is 1. The molecular formula is C22H23N5OS. The molecule has 6 nitrogen and oxygen atoms in total. The van der Waals surface area contributed by atoms with Gasteiger partial charge in [-0.25, -0.2) is 9.50 Å². The van der Waals surface area contributed by atoms with Crippen molar-refractivity contribution in [1.82, 2.24) is 19.5 Å². The lowest BCUT2D eigenvalue weighted by Crippen LogP contribution is -2.47. The number of aliphatic hydroxyl groups is 1. The molecule has 1 saturated heterocycles. The highest BCUT2D eigenvalue weighted by Crippen LogP contribution is 2.31. The average molecular weight is 406 g/mol. The lowest BCUT2D eigenvalue weighted by Gasteiger charge is -2.35. The van der Waals surface area contributed by atoms with E-state index in [1.807, 2.05) is 28.9 Å². The number of aromatic nitrogens is 3. The van der Waals surface area contributed by atoms with Gasteiger partial charge in [0.1, 0.15) is 5.82 Å². The fourth-order valence-electron chi connectivity index (χ4n) is 3.84. The molecule has 5 rings (SSSR count). The first kappa shape index (κ1) is 18.3. The Kier molecular flexibility index (Phi) is 5.01. The van der Waals surface area contributed by atoms with Crippen molar-refractivity contribution in [2.24, 2.45) is 0 Å². The highest BCUT2D eigenvalue weighted by molar-refractivity contribution is 7.08. The highest BCUT2D eigenvalue weighted by atomic mass is 32.1. The summed E-state index contributed by atoms with van der Waals surface area (Å²) >= 11 is 1.69. The largest absolute Gasteiger partial charge is 0.395 e. The van der Waals surface area contributed by atoms with Gasteiger partial charge in [-0.15, -0.1) is 5.10 Å². The number of fused-ring (bicyclic) bond motifs is 1. The molecule has 4 aromatic rings. The third kappa shape index (κ3) is 3.64. The number of piperazine rings is 1. The molecule has 0 aliphatic carbocycles. The Morgan fingerprint density at radius 3 is 2.55 bits per heavy atom. The predicted molar refractivity (Wildman–Crippen MR) is 117 cm³/mol. The molecule has 3 aromatic heterocycles. The SMILES string of the molecule is OCCN1CCN(c2cc(-c3ccsc3)c3nc(-c4ccccc4)cn3n2)CC1. The van der Waals surface area contributed by atoms with E-state index >= 15 is 0 Å². The van der Waals surface area contributed by atoms with Crippen molar-refractivity contribution < 1.29 is 5.11 Å². The minimum Gasteiger partial charge on any atom is -0.395 e. The molecule has 1 fully saturated rings. The number of thiophene rings is 1. The molecule has 0 unspecified atom stereocenters. The van der Waals surface area contributed by atoms with Gasteiger partial charge in [0.15, 0.2) is 5.65 Å². The van der Waals surface area contributed by atoms with Crippen molar-refractivity contribution in [3.8, 4) is 22.4 Å². The van der Waals surface area contributed by atoms with Crippen molar-refractivity contribution in [2.75, 3.05) is 44.2 Å². The topological polar surface area (TPSA) is 56.9 Å². The van der Waals surface area contributed by atoms with Crippen LogP contribution in [0, 0.1) is 0 Å². The summed E-state index contributed by atoms with van der Waals surface area (Å²) in [7, 11) is 0. The molecular weight excluding hydrogens is 382 g/mol. The van der Waals surface area contributed by atoms with E-state index in [0.29, 0.717) is 0 Å². The van der Waals surface area contributed by atoms with E-state index in [9.17, 15) is 5.11 Å². The second-order valence-electron chi connectivity index (χ2n) is 7.24. The highest BCUT2D eigenvalue weighted by Gasteiger charge is 2.20. The number of anilines is 1. The minimum absolute atomic E-state index is 0.212. The van der Waals surface area contributed by atoms with Gasteiger partial charge in [-0.05, 0) is 28.5 Å². The summed E-state index contributed by atoms with van der Waals surface area (Å²) in [5.41, 5.74) is 5.18. The lowest BCUT2D eigenvalue weighted by atomic mass is 10.1. The van der Waals surface area contributed by atoms with Gasteiger partial charge >= 0.3 is 0 Å². The smallest absolute Gasteiger partial charge is 0.162 e. The molecule has 0 saturated carbocycles. The van der Waals surface area contributed by atoms with Crippen molar-refractivity contribution in [1.29, 1.82) is 0 Å². The summed E-state index contributed by atoms with van der Waals surface area (Å²) in [6.45, 7) is 4.64. The average Bonchev–Trinajstić information content (AvgIpc) is 3.44. The monoisotopic (exact) mass is 405 g/mol. The number of benzene rings is 1. The van der Waals surface area contributed by atoms with Gasteiger partial charge in [0.25, 0.3) is 0 Å². The van der Waals surface area contributed by atoms with Crippen LogP contribution >= 0.6 is 11.3 Å². The van der Waals surface area contributed by atoms with E-state index in [1.54, 1.807) is 11.3 Å². The number of aliphatic hydroxyl groups excluding tert-OH is 1. The minimum atomic E-state index is 0.212. The maximum Gasteiger partial charge on any atom is 0.162 e. The standard InChI is InChI=1S/C22H23N5OS/c28-12-11-25-7-9-26(10-8-25)21-14-19(18-6-13-29-16-18)22-23-20(15-27(22)24-21)17-4-2-1-3-5-17/h1-6,13-16,28H,7-12H2. The van der Waals surface area contributed by atoms with Crippen LogP contribution in [0.4, 0.5) is 5.82 Å². The first-order valence-electron chi connectivity index (χ1n) is 9.88. The predicted octanol–water partition coefficient (Wildman–Crippen LogP) is 3.24. The number of nitrogens with zero attached hydrogens (tertiary/aromatic N) is 5. The molecule has 0 atom stereocenters. The van der Waals surface area contributed by atoms with Crippen LogP contribution in [0.1, 0.15) is 0 Å². The van der Waals surface area contributed by atoms with Crippen LogP contribution in [-0.2, 0) is 0 Å². The van der Waals surface area contributed by atoms with Gasteiger partial charge in [0.05, 0.1) is 18.5 Å². The summed E-state index contributed by atoms with van der Waals surface area (Å²) < 4.78 is 1.92. The zero-order chi connectivity index (χ0) is 19.6. The van der Waals surface area contributed by atoms with Crippen LogP contribution in [0.2, 0.25) is 0 Å². The van der Waals surface area contributed by atoms with Gasteiger partial charge in [0, 0.05) is 43.9 Å². The number of β-amino-alcohol motifs (C(OH)–C–C–N with tert-alkyl or cyclic N) is 1. The molecule has 29 heavy (non-hydrogen) atoms. The number of imidazole rings is 1. The Hall–Kier alpha value is -2.74. The molecule has 0 radical (unpaired) electrons. The first-order chi connectivity index (χ1) is 14.3. The Labute approximate surface area is 173 Å². The van der Waals surface area contributed by atoms with E-state index in [4.69, 9.17) is 10.1 Å². The van der Waals surface area contributed by atoms with Gasteiger partial charge in [-0.1, -0.05) is 30.3 Å². The van der Waals surface area contributed by atoms with Crippen molar-refractivity contribution in [3.05, 3.63) is 59.4 Å². The quantitative estimate of drug-likeness (QED) is 0.552. The van der Waals surface area contributed by atoms with E-state index in [0.717, 1.165) is 61.0 Å². The van der Waals surface area contributed by atoms with E-state index in [1.165, 1.54) is 5.56 Å². The van der Waals surface area contributed by atoms with Crippen molar-refractivity contribution in [3.63, 3.8) is 0 Å². The van der Waals surface area contributed by atoms with Gasteiger partial charge in [0.2, 0.25) is 0 Å². The molecule has 7 heteroatoms. The van der Waals surface area contributed by atoms with Crippen LogP contribution in [0.5, 0.6) is 0 Å². The summed E-state index contributed by atoms with van der Waals surface area (Å²) in [6.07, 6.45) is 2.02. The van der Waals surface area contributed by atoms with Gasteiger partial charge in [-0.3, -0.25) is 4.90 Å². The van der Waals surface area contributed by atoms with Crippen LogP contribution < -0.4 is 4.90 Å². The summed E-state index contributed by atoms with van der Waals surface area (Å²) in [5, 5.41) is 18.3. The van der Waals surface area contributed by atoms with Gasteiger partial charge < -0.3 is 10.0 Å². The van der Waals surface area contributed by atoms with Crippen LogP contribution in [0.25, 0.3) is 28.0 Å². The maximum absolute atomic E-state index is 9.18. The van der Waals surface area contributed by atoms with Gasteiger partial charge in [-0.2, -0.15) is 11.3 Å². The Bertz CT molecular complexity index is 1090. The Morgan fingerprint density at radius 1 is 1.00 bits per heavy atom. The molecule has 1 N–H and O–H groups in total. The van der Waals surface area contributed by atoms with E-state index in [-0.39, 0.29) is 6.61 Å². The van der Waals surface area contributed by atoms with E-state index in [2.05, 4.69) is 44.8 Å².